The summed E-state index contributed by atoms with van der Waals surface area (Å²) in [7, 11) is 0. The molecule has 1 N–H and O–H groups in total. The van der Waals surface area contributed by atoms with E-state index in [-0.39, 0.29) is 10.7 Å². The molecular formula is C21H11FN2O3S. The first-order valence-corrected chi connectivity index (χ1v) is 9.01. The van der Waals surface area contributed by atoms with Gasteiger partial charge in [0.05, 0.1) is 16.5 Å². The maximum Gasteiger partial charge on any atom is 0.290 e. The molecule has 1 aliphatic rings. The van der Waals surface area contributed by atoms with Crippen LogP contribution in [0.5, 0.6) is 11.5 Å². The third-order valence-corrected chi connectivity index (χ3v) is 4.93. The summed E-state index contributed by atoms with van der Waals surface area (Å²) >= 11 is 0.768. The number of hydrogen-bond donors (Lipinski definition) is 1. The fraction of sp³-hybridized carbons (Fsp3) is 0. The van der Waals surface area contributed by atoms with Gasteiger partial charge in [0.1, 0.15) is 5.75 Å². The van der Waals surface area contributed by atoms with Crippen LogP contribution in [0.25, 0.3) is 16.8 Å². The van der Waals surface area contributed by atoms with E-state index in [0.29, 0.717) is 22.3 Å². The molecule has 0 unspecified atom stereocenters. The molecule has 5 nitrogen and oxygen atoms in total. The predicted molar refractivity (Wildman–Crippen MR) is 104 cm³/mol. The lowest BCUT2D eigenvalue weighted by Crippen LogP contribution is -2.17. The molecule has 1 aliphatic heterocycles. The second kappa shape index (κ2) is 7.18. The normalized spacial score (nSPS) is 14.9. The van der Waals surface area contributed by atoms with Crippen LogP contribution < -0.4 is 10.1 Å². The van der Waals surface area contributed by atoms with Gasteiger partial charge in [-0.2, -0.15) is 5.26 Å². The van der Waals surface area contributed by atoms with Gasteiger partial charge >= 0.3 is 0 Å². The highest BCUT2D eigenvalue weighted by atomic mass is 32.2. The molecule has 0 aromatic heterocycles. The molecule has 0 saturated carbocycles. The predicted octanol–water partition coefficient (Wildman–Crippen LogP) is 4.97. The van der Waals surface area contributed by atoms with Gasteiger partial charge in [0.25, 0.3) is 11.1 Å². The van der Waals surface area contributed by atoms with Crippen molar-refractivity contribution in [3.05, 3.63) is 76.4 Å². The molecule has 3 aromatic carbocycles. The smallest absolute Gasteiger partial charge is 0.290 e. The highest BCUT2D eigenvalue weighted by Gasteiger charge is 2.25. The molecule has 0 atom stereocenters. The lowest BCUT2D eigenvalue weighted by molar-refractivity contribution is -0.115. The fourth-order valence-electron chi connectivity index (χ4n) is 2.84. The Morgan fingerprint density at radius 1 is 1.04 bits per heavy atom. The van der Waals surface area contributed by atoms with Crippen LogP contribution in [0, 0.1) is 17.1 Å². The Balaban J connectivity index is 1.66. The maximum atomic E-state index is 14.5. The van der Waals surface area contributed by atoms with Gasteiger partial charge in [0, 0.05) is 10.8 Å². The molecular weight excluding hydrogens is 379 g/mol. The van der Waals surface area contributed by atoms with Crippen LogP contribution in [0.2, 0.25) is 0 Å². The summed E-state index contributed by atoms with van der Waals surface area (Å²) in [5.41, 5.74) is 0.939. The van der Waals surface area contributed by atoms with E-state index < -0.39 is 17.0 Å². The highest BCUT2D eigenvalue weighted by molar-refractivity contribution is 8.18. The summed E-state index contributed by atoms with van der Waals surface area (Å²) in [5, 5.41) is 12.3. The van der Waals surface area contributed by atoms with Crippen molar-refractivity contribution in [3.63, 3.8) is 0 Å². The number of hydrogen-bond acceptors (Lipinski definition) is 5. The zero-order valence-corrected chi connectivity index (χ0v) is 15.0. The largest absolute Gasteiger partial charge is 0.454 e. The van der Waals surface area contributed by atoms with Crippen LogP contribution in [0.4, 0.5) is 9.18 Å². The first-order chi connectivity index (χ1) is 13.5. The first kappa shape index (κ1) is 17.8. The number of nitriles is 1. The van der Waals surface area contributed by atoms with Crippen LogP contribution in [-0.2, 0) is 4.79 Å². The van der Waals surface area contributed by atoms with E-state index in [4.69, 9.17) is 4.74 Å². The van der Waals surface area contributed by atoms with Crippen LogP contribution in [-0.4, -0.2) is 11.1 Å². The number of amides is 2. The van der Waals surface area contributed by atoms with E-state index in [1.54, 1.807) is 30.3 Å². The summed E-state index contributed by atoms with van der Waals surface area (Å²) < 4.78 is 20.3. The van der Waals surface area contributed by atoms with E-state index in [1.165, 1.54) is 18.2 Å². The SMILES string of the molecule is N#Cc1ccc(Oc2ccc(C=C3SC(=O)NC3=O)cc2F)c2ccccc12. The molecule has 3 aromatic rings. The number of carbonyl (C=O) groups excluding carboxylic acids is 2. The number of carbonyl (C=O) groups is 2. The molecule has 0 aliphatic carbocycles. The summed E-state index contributed by atoms with van der Waals surface area (Å²) in [6.45, 7) is 0. The molecule has 7 heteroatoms. The molecule has 4 rings (SSSR count). The molecule has 1 fully saturated rings. The number of benzene rings is 3. The van der Waals surface area contributed by atoms with Crippen LogP contribution in [0.1, 0.15) is 11.1 Å². The second-order valence-corrected chi connectivity index (χ2v) is 6.93. The van der Waals surface area contributed by atoms with E-state index in [0.717, 1.165) is 17.1 Å². The second-order valence-electron chi connectivity index (χ2n) is 5.91. The minimum atomic E-state index is -0.613. The number of nitrogens with zero attached hydrogens (tertiary/aromatic N) is 1. The summed E-state index contributed by atoms with van der Waals surface area (Å²) in [4.78, 5) is 23.0. The Labute approximate surface area is 163 Å². The lowest BCUT2D eigenvalue weighted by Gasteiger charge is -2.11. The minimum absolute atomic E-state index is 0.0108. The summed E-state index contributed by atoms with van der Waals surface area (Å²) in [6, 6.07) is 16.9. The van der Waals surface area contributed by atoms with Gasteiger partial charge < -0.3 is 4.74 Å². The van der Waals surface area contributed by atoms with Crippen molar-refractivity contribution < 1.29 is 18.7 Å². The van der Waals surface area contributed by atoms with Crippen LogP contribution in [0.3, 0.4) is 0 Å². The minimum Gasteiger partial charge on any atom is -0.454 e. The van der Waals surface area contributed by atoms with E-state index in [2.05, 4.69) is 11.4 Å². The molecule has 0 spiro atoms. The monoisotopic (exact) mass is 390 g/mol. The number of ether oxygens (including phenoxy) is 1. The molecule has 28 heavy (non-hydrogen) atoms. The Morgan fingerprint density at radius 3 is 2.46 bits per heavy atom. The molecule has 0 radical (unpaired) electrons. The van der Waals surface area contributed by atoms with Gasteiger partial charge in [0.2, 0.25) is 0 Å². The average Bonchev–Trinajstić information content (AvgIpc) is 3.01. The average molecular weight is 390 g/mol. The Bertz CT molecular complexity index is 1210. The third kappa shape index (κ3) is 3.33. The van der Waals surface area contributed by atoms with Crippen molar-refractivity contribution >= 4 is 39.8 Å². The summed E-state index contributed by atoms with van der Waals surface area (Å²) in [6.07, 6.45) is 1.44. The number of thioether (sulfide) groups is 1. The van der Waals surface area contributed by atoms with E-state index in [1.807, 2.05) is 12.1 Å². The zero-order chi connectivity index (χ0) is 19.7. The number of imide groups is 1. The van der Waals surface area contributed by atoms with Crippen molar-refractivity contribution in [2.24, 2.45) is 0 Å². The number of nitrogens with one attached hydrogen (secondary N) is 1. The van der Waals surface area contributed by atoms with Crippen molar-refractivity contribution in [1.82, 2.24) is 5.32 Å². The topological polar surface area (TPSA) is 79.2 Å². The molecule has 1 saturated heterocycles. The van der Waals surface area contributed by atoms with Gasteiger partial charge in [-0.1, -0.05) is 30.3 Å². The van der Waals surface area contributed by atoms with Gasteiger partial charge in [-0.3, -0.25) is 14.9 Å². The first-order valence-electron chi connectivity index (χ1n) is 8.19. The van der Waals surface area contributed by atoms with Crippen LogP contribution in [0.15, 0.2) is 59.5 Å². The van der Waals surface area contributed by atoms with Crippen molar-refractivity contribution in [2.45, 2.75) is 0 Å². The van der Waals surface area contributed by atoms with Gasteiger partial charge in [-0.05, 0) is 47.7 Å². The Hall–Kier alpha value is -3.63. The number of rotatable bonds is 3. The lowest BCUT2D eigenvalue weighted by atomic mass is 10.0. The van der Waals surface area contributed by atoms with Gasteiger partial charge in [-0.25, -0.2) is 4.39 Å². The maximum absolute atomic E-state index is 14.5. The Morgan fingerprint density at radius 2 is 1.79 bits per heavy atom. The number of fused-ring (bicyclic) bond motifs is 1. The van der Waals surface area contributed by atoms with Gasteiger partial charge in [-0.15, -0.1) is 0 Å². The zero-order valence-electron chi connectivity index (χ0n) is 14.2. The van der Waals surface area contributed by atoms with Gasteiger partial charge in [0.15, 0.2) is 11.6 Å². The van der Waals surface area contributed by atoms with Crippen molar-refractivity contribution in [2.75, 3.05) is 0 Å². The molecule has 0 bridgehead atoms. The Kier molecular flexibility index (Phi) is 4.55. The molecule has 1 heterocycles. The quantitative estimate of drug-likeness (QED) is 0.639. The molecule has 2 amide bonds. The third-order valence-electron chi connectivity index (χ3n) is 4.12. The van der Waals surface area contributed by atoms with E-state index in [9.17, 15) is 19.2 Å². The summed E-state index contributed by atoms with van der Waals surface area (Å²) in [5.74, 6) is -0.676. The standard InChI is InChI=1S/C21H11FN2O3S/c22-16-9-12(10-19-20(25)24-21(26)28-19)5-7-18(16)27-17-8-6-13(11-23)14-3-1-2-4-15(14)17/h1-10H,(H,24,25,26). The van der Waals surface area contributed by atoms with Crippen LogP contribution >= 0.6 is 11.8 Å². The molecule has 136 valence electrons. The fourth-order valence-corrected chi connectivity index (χ4v) is 3.52. The number of halogens is 1. The van der Waals surface area contributed by atoms with Crippen molar-refractivity contribution in [1.29, 1.82) is 5.26 Å². The highest BCUT2D eigenvalue weighted by Crippen LogP contribution is 2.34. The van der Waals surface area contributed by atoms with Crippen molar-refractivity contribution in [3.8, 4) is 17.6 Å². The van der Waals surface area contributed by atoms with E-state index >= 15 is 0 Å².